The van der Waals surface area contributed by atoms with Crippen LogP contribution in [0, 0.1) is 0 Å². The zero-order valence-electron chi connectivity index (χ0n) is 5.94. The molecule has 0 saturated carbocycles. The highest BCUT2D eigenvalue weighted by molar-refractivity contribution is 5.85. The lowest BCUT2D eigenvalue weighted by atomic mass is 10.0. The van der Waals surface area contributed by atoms with Crippen LogP contribution in [-0.2, 0) is 0 Å². The van der Waals surface area contributed by atoms with Gasteiger partial charge in [-0.25, -0.2) is 8.78 Å². The van der Waals surface area contributed by atoms with Gasteiger partial charge in [0, 0.05) is 0 Å². The van der Waals surface area contributed by atoms with E-state index >= 15 is 0 Å². The minimum absolute atomic E-state index is 0. The quantitative estimate of drug-likeness (QED) is 0.396. The Morgan fingerprint density at radius 3 is 2.55 bits per heavy atom. The number of hydrogen-bond acceptors (Lipinski definition) is 3. The van der Waals surface area contributed by atoms with Crippen molar-refractivity contribution in [3.8, 4) is 0 Å². The van der Waals surface area contributed by atoms with Gasteiger partial charge >= 0.3 is 0 Å². The largest absolute Gasteiger partial charge is 0.311 e. The maximum absolute atomic E-state index is 12.7. The van der Waals surface area contributed by atoms with Crippen molar-refractivity contribution in [3.05, 3.63) is 0 Å². The van der Waals surface area contributed by atoms with Gasteiger partial charge in [0.05, 0.1) is 12.6 Å². The Hall–Kier alpha value is 0.0300. The Bertz CT molecular complexity index is 122. The van der Waals surface area contributed by atoms with Crippen molar-refractivity contribution in [1.29, 1.82) is 0 Å². The van der Waals surface area contributed by atoms with Crippen LogP contribution in [0.25, 0.3) is 0 Å². The van der Waals surface area contributed by atoms with E-state index in [2.05, 4.69) is 10.7 Å². The summed E-state index contributed by atoms with van der Waals surface area (Å²) in [7, 11) is 0. The second-order valence-corrected chi connectivity index (χ2v) is 2.45. The maximum Gasteiger partial charge on any atom is 0.276 e. The van der Waals surface area contributed by atoms with E-state index in [1.54, 1.807) is 0 Å². The molecule has 0 bridgehead atoms. The Kier molecular flexibility index (Phi) is 4.17. The molecule has 0 aliphatic carbocycles. The SMILES string of the molecule is Cl.NNC1CCNCC1(F)F. The normalized spacial score (nSPS) is 29.2. The van der Waals surface area contributed by atoms with Crippen LogP contribution in [0.3, 0.4) is 0 Å². The molecule has 11 heavy (non-hydrogen) atoms. The fraction of sp³-hybridized carbons (Fsp3) is 1.00. The summed E-state index contributed by atoms with van der Waals surface area (Å²) < 4.78 is 25.3. The summed E-state index contributed by atoms with van der Waals surface area (Å²) in [4.78, 5) is 0. The summed E-state index contributed by atoms with van der Waals surface area (Å²) in [5.74, 6) is 2.22. The third kappa shape index (κ3) is 2.52. The topological polar surface area (TPSA) is 50.1 Å². The monoisotopic (exact) mass is 187 g/mol. The van der Waals surface area contributed by atoms with Crippen molar-refractivity contribution in [3.63, 3.8) is 0 Å². The first-order valence-corrected chi connectivity index (χ1v) is 3.21. The standard InChI is InChI=1S/C5H11F2N3.ClH/c6-5(7)3-9-2-1-4(5)10-8;/h4,9-10H,1-3,8H2;1H. The van der Waals surface area contributed by atoms with Gasteiger partial charge in [-0.2, -0.15) is 0 Å². The van der Waals surface area contributed by atoms with Gasteiger partial charge in [0.25, 0.3) is 5.92 Å². The second-order valence-electron chi connectivity index (χ2n) is 2.45. The van der Waals surface area contributed by atoms with Crippen molar-refractivity contribution in [1.82, 2.24) is 10.7 Å². The van der Waals surface area contributed by atoms with Crippen molar-refractivity contribution < 1.29 is 8.78 Å². The Morgan fingerprint density at radius 2 is 2.18 bits per heavy atom. The first kappa shape index (κ1) is 11.0. The number of hydrazine groups is 1. The average molecular weight is 188 g/mol. The molecule has 4 N–H and O–H groups in total. The molecule has 1 heterocycles. The lowest BCUT2D eigenvalue weighted by molar-refractivity contribution is -0.0511. The highest BCUT2D eigenvalue weighted by atomic mass is 35.5. The lowest BCUT2D eigenvalue weighted by Crippen LogP contribution is -2.57. The van der Waals surface area contributed by atoms with E-state index < -0.39 is 12.0 Å². The number of halogens is 3. The first-order valence-electron chi connectivity index (χ1n) is 3.21. The molecule has 0 aromatic carbocycles. The number of nitrogens with two attached hydrogens (primary N) is 1. The van der Waals surface area contributed by atoms with E-state index in [0.717, 1.165) is 0 Å². The molecule has 0 spiro atoms. The number of rotatable bonds is 1. The Labute approximate surface area is 70.1 Å². The summed E-state index contributed by atoms with van der Waals surface area (Å²) in [5, 5.41) is 2.59. The second kappa shape index (κ2) is 4.15. The molecule has 1 saturated heterocycles. The third-order valence-corrected chi connectivity index (χ3v) is 1.68. The van der Waals surface area contributed by atoms with E-state index in [4.69, 9.17) is 5.84 Å². The highest BCUT2D eigenvalue weighted by Gasteiger charge is 2.40. The predicted octanol–water partition coefficient (Wildman–Crippen LogP) is -0.131. The fourth-order valence-corrected chi connectivity index (χ4v) is 1.04. The van der Waals surface area contributed by atoms with Crippen molar-refractivity contribution in [2.75, 3.05) is 13.1 Å². The molecule has 0 aromatic heterocycles. The molecule has 1 rings (SSSR count). The van der Waals surface area contributed by atoms with Gasteiger partial charge in [-0.05, 0) is 13.0 Å². The van der Waals surface area contributed by atoms with E-state index in [1.807, 2.05) is 0 Å². The van der Waals surface area contributed by atoms with Gasteiger partial charge in [-0.3, -0.25) is 11.3 Å². The van der Waals surface area contributed by atoms with Crippen LogP contribution < -0.4 is 16.6 Å². The molecule has 68 valence electrons. The molecule has 1 fully saturated rings. The first-order chi connectivity index (χ1) is 4.67. The Morgan fingerprint density at radius 1 is 1.55 bits per heavy atom. The summed E-state index contributed by atoms with van der Waals surface area (Å²) in [6.07, 6.45) is 0.378. The molecule has 0 radical (unpaired) electrons. The minimum Gasteiger partial charge on any atom is -0.311 e. The molecular weight excluding hydrogens is 176 g/mol. The van der Waals surface area contributed by atoms with Crippen LogP contribution in [-0.4, -0.2) is 25.1 Å². The van der Waals surface area contributed by atoms with Crippen LogP contribution in [0.1, 0.15) is 6.42 Å². The van der Waals surface area contributed by atoms with Crippen LogP contribution >= 0.6 is 12.4 Å². The molecular formula is C5H12ClF2N3. The minimum atomic E-state index is -2.70. The number of nitrogens with one attached hydrogen (secondary N) is 2. The highest BCUT2D eigenvalue weighted by Crippen LogP contribution is 2.21. The number of alkyl halides is 2. The summed E-state index contributed by atoms with van der Waals surface area (Å²) >= 11 is 0. The summed E-state index contributed by atoms with van der Waals surface area (Å²) in [5.41, 5.74) is 2.10. The van der Waals surface area contributed by atoms with E-state index in [1.165, 1.54) is 0 Å². The van der Waals surface area contributed by atoms with Crippen molar-refractivity contribution in [2.24, 2.45) is 5.84 Å². The van der Waals surface area contributed by atoms with E-state index in [-0.39, 0.29) is 19.0 Å². The molecule has 1 unspecified atom stereocenters. The van der Waals surface area contributed by atoms with Gasteiger partial charge in [-0.15, -0.1) is 12.4 Å². The van der Waals surface area contributed by atoms with E-state index in [0.29, 0.717) is 13.0 Å². The van der Waals surface area contributed by atoms with Crippen LogP contribution in [0.15, 0.2) is 0 Å². The molecule has 1 atom stereocenters. The molecule has 1 aliphatic rings. The van der Waals surface area contributed by atoms with Gasteiger partial charge in [-0.1, -0.05) is 0 Å². The van der Waals surface area contributed by atoms with Crippen LogP contribution in [0.2, 0.25) is 0 Å². The molecule has 0 amide bonds. The number of hydrogen-bond donors (Lipinski definition) is 3. The van der Waals surface area contributed by atoms with Crippen LogP contribution in [0.4, 0.5) is 8.78 Å². The Balaban J connectivity index is 0.000001000. The van der Waals surface area contributed by atoms with Crippen LogP contribution in [0.5, 0.6) is 0 Å². The molecule has 0 aromatic rings. The van der Waals surface area contributed by atoms with E-state index in [9.17, 15) is 8.78 Å². The zero-order valence-corrected chi connectivity index (χ0v) is 6.76. The predicted molar refractivity (Wildman–Crippen MR) is 40.8 cm³/mol. The zero-order chi connectivity index (χ0) is 7.61. The summed E-state index contributed by atoms with van der Waals surface area (Å²) in [6.45, 7) is 0.326. The summed E-state index contributed by atoms with van der Waals surface area (Å²) in [6, 6.07) is -0.867. The lowest BCUT2D eigenvalue weighted by Gasteiger charge is -2.30. The smallest absolute Gasteiger partial charge is 0.276 e. The van der Waals surface area contributed by atoms with Gasteiger partial charge in [0.15, 0.2) is 0 Å². The van der Waals surface area contributed by atoms with Crippen molar-refractivity contribution >= 4 is 12.4 Å². The van der Waals surface area contributed by atoms with Gasteiger partial charge in [0.2, 0.25) is 0 Å². The maximum atomic E-state index is 12.7. The molecule has 1 aliphatic heterocycles. The average Bonchev–Trinajstić information content (AvgIpc) is 1.87. The van der Waals surface area contributed by atoms with Crippen molar-refractivity contribution in [2.45, 2.75) is 18.4 Å². The van der Waals surface area contributed by atoms with Gasteiger partial charge < -0.3 is 5.32 Å². The fourth-order valence-electron chi connectivity index (χ4n) is 1.04. The van der Waals surface area contributed by atoms with Gasteiger partial charge in [0.1, 0.15) is 0 Å². The molecule has 6 heteroatoms. The number of piperidine rings is 1. The third-order valence-electron chi connectivity index (χ3n) is 1.68. The molecule has 3 nitrogen and oxygen atoms in total.